The van der Waals surface area contributed by atoms with Crippen molar-refractivity contribution in [2.45, 2.75) is 5.41 Å². The van der Waals surface area contributed by atoms with Gasteiger partial charge in [-0.05, 0) is 137 Å². The highest BCUT2D eigenvalue weighted by molar-refractivity contribution is 5.97. The highest BCUT2D eigenvalue weighted by atomic mass is 16.3. The highest BCUT2D eigenvalue weighted by Crippen LogP contribution is 2.58. The predicted octanol–water partition coefficient (Wildman–Crippen LogP) is 18.7. The van der Waals surface area contributed by atoms with Gasteiger partial charge >= 0.3 is 0 Å². The number of rotatable bonds is 10. The van der Waals surface area contributed by atoms with E-state index in [2.05, 4.69) is 272 Å². The number of anilines is 3. The van der Waals surface area contributed by atoms with Crippen molar-refractivity contribution < 1.29 is 5.11 Å². The van der Waals surface area contributed by atoms with Crippen LogP contribution in [0.3, 0.4) is 0 Å². The summed E-state index contributed by atoms with van der Waals surface area (Å²) in [6, 6.07) is 105. The molecule has 2 heteroatoms. The van der Waals surface area contributed by atoms with Crippen molar-refractivity contribution in [3.63, 3.8) is 0 Å². The van der Waals surface area contributed by atoms with Gasteiger partial charge in [-0.1, -0.05) is 243 Å². The first-order valence-electron chi connectivity index (χ1n) is 25.0. The van der Waals surface area contributed by atoms with E-state index in [9.17, 15) is 5.11 Å². The molecule has 0 saturated heterocycles. The molecule has 0 fully saturated rings. The number of hydrogen-bond donors (Lipinski definition) is 1. The SMILES string of the molecule is Oc1ccccc1-c1cccc(-c2ccccc2N(c2ccc(-c3ccc(-c4ccc5ccccc5c4)cc3)cc2)c2cccc(-c3cccc4c3-c3ccccc3C4(c3ccccc3)c3ccccc3)c2)c1. The van der Waals surface area contributed by atoms with Gasteiger partial charge in [0.2, 0.25) is 0 Å². The third-order valence-corrected chi connectivity index (χ3v) is 14.9. The molecular weight excluding hydrogens is 883 g/mol. The molecule has 0 aliphatic heterocycles. The van der Waals surface area contributed by atoms with Crippen LogP contribution in [0.2, 0.25) is 0 Å². The third-order valence-electron chi connectivity index (χ3n) is 14.9. The van der Waals surface area contributed by atoms with Crippen molar-refractivity contribution in [2.24, 2.45) is 0 Å². The lowest BCUT2D eigenvalue weighted by molar-refractivity contribution is 0.477. The maximum Gasteiger partial charge on any atom is 0.123 e. The van der Waals surface area contributed by atoms with Gasteiger partial charge in [-0.25, -0.2) is 0 Å². The Hall–Kier alpha value is -9.50. The quantitative estimate of drug-likeness (QED) is 0.148. The molecule has 1 aliphatic rings. The monoisotopic (exact) mass is 931 g/mol. The van der Waals surface area contributed by atoms with Crippen LogP contribution in [-0.4, -0.2) is 5.11 Å². The van der Waals surface area contributed by atoms with Crippen LogP contribution in [0.25, 0.3) is 77.5 Å². The number of benzene rings is 12. The summed E-state index contributed by atoms with van der Waals surface area (Å²) in [6.07, 6.45) is 0. The number of aromatic hydroxyl groups is 1. The fourth-order valence-electron chi connectivity index (χ4n) is 11.5. The molecule has 0 aromatic heterocycles. The molecule has 12 aromatic rings. The fourth-order valence-corrected chi connectivity index (χ4v) is 11.5. The van der Waals surface area contributed by atoms with Crippen LogP contribution >= 0.6 is 0 Å². The topological polar surface area (TPSA) is 23.5 Å². The van der Waals surface area contributed by atoms with Crippen molar-refractivity contribution in [1.82, 2.24) is 0 Å². The molecule has 0 spiro atoms. The molecule has 12 aromatic carbocycles. The van der Waals surface area contributed by atoms with E-state index in [1.165, 1.54) is 60.8 Å². The van der Waals surface area contributed by atoms with E-state index in [4.69, 9.17) is 0 Å². The van der Waals surface area contributed by atoms with Crippen LogP contribution in [0.5, 0.6) is 5.75 Å². The Kier molecular flexibility index (Phi) is 10.9. The van der Waals surface area contributed by atoms with Gasteiger partial charge in [0, 0.05) is 22.5 Å². The van der Waals surface area contributed by atoms with Gasteiger partial charge in [-0.2, -0.15) is 0 Å². The number of fused-ring (bicyclic) bond motifs is 4. The molecule has 73 heavy (non-hydrogen) atoms. The van der Waals surface area contributed by atoms with E-state index in [1.807, 2.05) is 18.2 Å². The predicted molar refractivity (Wildman–Crippen MR) is 305 cm³/mol. The second-order valence-electron chi connectivity index (χ2n) is 18.9. The average Bonchev–Trinajstić information content (AvgIpc) is 3.77. The first kappa shape index (κ1) is 43.5. The lowest BCUT2D eigenvalue weighted by atomic mass is 9.67. The maximum absolute atomic E-state index is 10.9. The molecule has 0 amide bonds. The van der Waals surface area contributed by atoms with E-state index >= 15 is 0 Å². The number of phenolic OH excluding ortho intramolecular Hbond substituents is 1. The van der Waals surface area contributed by atoms with Gasteiger partial charge in [0.05, 0.1) is 11.1 Å². The number of hydrogen-bond acceptors (Lipinski definition) is 2. The van der Waals surface area contributed by atoms with E-state index < -0.39 is 5.41 Å². The van der Waals surface area contributed by atoms with Crippen LogP contribution in [0.1, 0.15) is 22.3 Å². The summed E-state index contributed by atoms with van der Waals surface area (Å²) in [7, 11) is 0. The summed E-state index contributed by atoms with van der Waals surface area (Å²) in [5.41, 5.74) is 21.1. The Morgan fingerprint density at radius 1 is 0.274 bits per heavy atom. The standard InChI is InChI=1S/C71H49NO/c73-69-35-14-11-29-63(69)56-21-15-20-55(47-56)62-28-10-13-34-68(62)72(60-44-42-51(43-45-60)50-36-38-52(39-37-50)54-41-40-49-18-7-8-19-53(49)46-54)61-27-16-22-57(48-61)64-31-17-33-67-70(64)65-30-9-12-32-66(65)71(67,58-23-3-1-4-24-58)59-25-5-2-6-26-59/h1-48,73H. The minimum atomic E-state index is -0.503. The minimum absolute atomic E-state index is 0.259. The normalized spacial score (nSPS) is 12.3. The molecule has 1 N–H and O–H groups in total. The molecular formula is C71H49NO. The third kappa shape index (κ3) is 7.60. The summed E-state index contributed by atoms with van der Waals surface area (Å²) in [6.45, 7) is 0. The Bertz CT molecular complexity index is 3930. The zero-order valence-corrected chi connectivity index (χ0v) is 40.1. The van der Waals surface area contributed by atoms with E-state index in [0.29, 0.717) is 0 Å². The number of para-hydroxylation sites is 2. The van der Waals surface area contributed by atoms with Crippen molar-refractivity contribution in [2.75, 3.05) is 4.90 Å². The van der Waals surface area contributed by atoms with Crippen LogP contribution in [0, 0.1) is 0 Å². The molecule has 344 valence electrons. The molecule has 1 aliphatic carbocycles. The Balaban J connectivity index is 0.950. The van der Waals surface area contributed by atoms with Crippen molar-refractivity contribution in [3.8, 4) is 72.5 Å². The Labute approximate surface area is 427 Å². The Morgan fingerprint density at radius 2 is 0.767 bits per heavy atom. The average molecular weight is 932 g/mol. The fraction of sp³-hybridized carbons (Fsp3) is 0.0141. The van der Waals surface area contributed by atoms with Gasteiger partial charge < -0.3 is 10.0 Å². The summed E-state index contributed by atoms with van der Waals surface area (Å²) in [5, 5.41) is 13.4. The summed E-state index contributed by atoms with van der Waals surface area (Å²) in [4.78, 5) is 2.40. The van der Waals surface area contributed by atoms with Crippen LogP contribution in [0.15, 0.2) is 291 Å². The molecule has 13 rings (SSSR count). The molecule has 0 heterocycles. The first-order chi connectivity index (χ1) is 36.1. The van der Waals surface area contributed by atoms with Crippen molar-refractivity contribution in [1.29, 1.82) is 0 Å². The van der Waals surface area contributed by atoms with Crippen LogP contribution < -0.4 is 4.90 Å². The van der Waals surface area contributed by atoms with Crippen LogP contribution in [0.4, 0.5) is 17.1 Å². The Morgan fingerprint density at radius 3 is 1.48 bits per heavy atom. The minimum Gasteiger partial charge on any atom is -0.507 e. The largest absolute Gasteiger partial charge is 0.507 e. The van der Waals surface area contributed by atoms with E-state index in [0.717, 1.165) is 56.0 Å². The zero-order chi connectivity index (χ0) is 48.7. The number of nitrogens with zero attached hydrogens (tertiary/aromatic N) is 1. The second kappa shape index (κ2) is 18.4. The second-order valence-corrected chi connectivity index (χ2v) is 18.9. The van der Waals surface area contributed by atoms with Gasteiger partial charge in [0.1, 0.15) is 5.75 Å². The van der Waals surface area contributed by atoms with Gasteiger partial charge in [-0.15, -0.1) is 0 Å². The van der Waals surface area contributed by atoms with E-state index in [-0.39, 0.29) is 5.75 Å². The molecule has 0 saturated carbocycles. The summed E-state index contributed by atoms with van der Waals surface area (Å²) in [5.74, 6) is 0.259. The summed E-state index contributed by atoms with van der Waals surface area (Å²) >= 11 is 0. The summed E-state index contributed by atoms with van der Waals surface area (Å²) < 4.78 is 0. The van der Waals surface area contributed by atoms with E-state index in [1.54, 1.807) is 6.07 Å². The maximum atomic E-state index is 10.9. The first-order valence-corrected chi connectivity index (χ1v) is 25.0. The van der Waals surface area contributed by atoms with Crippen molar-refractivity contribution >= 4 is 27.8 Å². The number of phenols is 1. The zero-order valence-electron chi connectivity index (χ0n) is 40.1. The van der Waals surface area contributed by atoms with Gasteiger partial charge in [-0.3, -0.25) is 0 Å². The lowest BCUT2D eigenvalue weighted by Gasteiger charge is -2.34. The molecule has 0 bridgehead atoms. The van der Waals surface area contributed by atoms with Gasteiger partial charge in [0.15, 0.2) is 0 Å². The molecule has 0 atom stereocenters. The lowest BCUT2D eigenvalue weighted by Crippen LogP contribution is -2.28. The highest BCUT2D eigenvalue weighted by Gasteiger charge is 2.46. The van der Waals surface area contributed by atoms with Crippen LogP contribution in [-0.2, 0) is 5.41 Å². The molecule has 2 nitrogen and oxygen atoms in total. The van der Waals surface area contributed by atoms with Crippen molar-refractivity contribution in [3.05, 3.63) is 313 Å². The molecule has 0 radical (unpaired) electrons. The molecule has 0 unspecified atom stereocenters. The van der Waals surface area contributed by atoms with Gasteiger partial charge in [0.25, 0.3) is 0 Å². The smallest absolute Gasteiger partial charge is 0.123 e.